The van der Waals surface area contributed by atoms with Gasteiger partial charge in [0.2, 0.25) is 0 Å². The minimum atomic E-state index is 0.555. The second kappa shape index (κ2) is 4.55. The third-order valence-electron chi connectivity index (χ3n) is 2.58. The van der Waals surface area contributed by atoms with E-state index in [9.17, 15) is 0 Å². The molecule has 0 unspecified atom stereocenters. The molecule has 3 nitrogen and oxygen atoms in total. The zero-order chi connectivity index (χ0) is 12.4. The Morgan fingerprint density at radius 2 is 1.82 bits per heavy atom. The first-order chi connectivity index (χ1) is 8.08. The van der Waals surface area contributed by atoms with Crippen molar-refractivity contribution < 1.29 is 0 Å². The van der Waals surface area contributed by atoms with Crippen molar-refractivity contribution in [3.05, 3.63) is 47.0 Å². The number of hydrogen-bond acceptors (Lipinski definition) is 3. The van der Waals surface area contributed by atoms with Gasteiger partial charge in [0.25, 0.3) is 0 Å². The summed E-state index contributed by atoms with van der Waals surface area (Å²) in [4.78, 5) is 0. The Labute approximate surface area is 105 Å². The van der Waals surface area contributed by atoms with E-state index in [0.717, 1.165) is 16.9 Å². The molecule has 17 heavy (non-hydrogen) atoms. The zero-order valence-electron chi connectivity index (χ0n) is 9.50. The molecule has 0 heterocycles. The van der Waals surface area contributed by atoms with Crippen molar-refractivity contribution in [3.8, 4) is 0 Å². The standard InChI is InChI=1S/C13H14ClN3/c1-8-3-2-4-10(14)13(8)17-9-5-6-11(15)12(16)7-9/h2-7,17H,15-16H2,1H3. The van der Waals surface area contributed by atoms with Crippen molar-refractivity contribution in [2.24, 2.45) is 0 Å². The van der Waals surface area contributed by atoms with Gasteiger partial charge in [0.05, 0.1) is 22.1 Å². The van der Waals surface area contributed by atoms with Crippen LogP contribution in [0.5, 0.6) is 0 Å². The molecule has 0 aliphatic carbocycles. The number of hydrogen-bond donors (Lipinski definition) is 3. The van der Waals surface area contributed by atoms with Crippen LogP contribution in [0.4, 0.5) is 22.7 Å². The van der Waals surface area contributed by atoms with E-state index in [4.69, 9.17) is 23.1 Å². The van der Waals surface area contributed by atoms with E-state index < -0.39 is 0 Å². The number of nitrogens with two attached hydrogens (primary N) is 2. The van der Waals surface area contributed by atoms with Crippen LogP contribution < -0.4 is 16.8 Å². The van der Waals surface area contributed by atoms with E-state index in [-0.39, 0.29) is 0 Å². The molecule has 2 aromatic carbocycles. The number of benzene rings is 2. The predicted molar refractivity (Wildman–Crippen MR) is 74.7 cm³/mol. The number of rotatable bonds is 2. The molecule has 2 rings (SSSR count). The molecule has 0 amide bonds. The van der Waals surface area contributed by atoms with Crippen LogP contribution in [0.2, 0.25) is 5.02 Å². The van der Waals surface area contributed by atoms with Crippen LogP contribution >= 0.6 is 11.6 Å². The third kappa shape index (κ3) is 2.45. The maximum Gasteiger partial charge on any atom is 0.0643 e. The maximum absolute atomic E-state index is 6.13. The third-order valence-corrected chi connectivity index (χ3v) is 2.89. The molecule has 0 aliphatic rings. The lowest BCUT2D eigenvalue weighted by Crippen LogP contribution is -1.98. The van der Waals surface area contributed by atoms with Gasteiger partial charge in [-0.3, -0.25) is 0 Å². The molecular weight excluding hydrogens is 234 g/mol. The van der Waals surface area contributed by atoms with Crippen LogP contribution in [0.1, 0.15) is 5.56 Å². The van der Waals surface area contributed by atoms with Gasteiger partial charge in [-0.15, -0.1) is 0 Å². The highest BCUT2D eigenvalue weighted by Crippen LogP contribution is 2.30. The van der Waals surface area contributed by atoms with Gasteiger partial charge in [0.15, 0.2) is 0 Å². The number of nitrogens with one attached hydrogen (secondary N) is 1. The second-order valence-corrected chi connectivity index (χ2v) is 4.31. The van der Waals surface area contributed by atoms with E-state index in [2.05, 4.69) is 5.32 Å². The van der Waals surface area contributed by atoms with Crippen LogP contribution in [-0.2, 0) is 0 Å². The Morgan fingerprint density at radius 3 is 2.47 bits per heavy atom. The van der Waals surface area contributed by atoms with Crippen LogP contribution in [-0.4, -0.2) is 0 Å². The molecule has 0 saturated carbocycles. The van der Waals surface area contributed by atoms with Gasteiger partial charge < -0.3 is 16.8 Å². The van der Waals surface area contributed by atoms with Crippen molar-refractivity contribution in [1.82, 2.24) is 0 Å². The minimum absolute atomic E-state index is 0.555. The SMILES string of the molecule is Cc1cccc(Cl)c1Nc1ccc(N)c(N)c1. The molecule has 2 aromatic rings. The number of anilines is 4. The largest absolute Gasteiger partial charge is 0.397 e. The molecule has 0 bridgehead atoms. The fourth-order valence-electron chi connectivity index (χ4n) is 1.59. The lowest BCUT2D eigenvalue weighted by molar-refractivity contribution is 1.43. The second-order valence-electron chi connectivity index (χ2n) is 3.90. The number of nitrogen functional groups attached to an aromatic ring is 2. The predicted octanol–water partition coefficient (Wildman–Crippen LogP) is 3.56. The molecule has 0 fully saturated rings. The summed E-state index contributed by atoms with van der Waals surface area (Å²) in [6.07, 6.45) is 0. The van der Waals surface area contributed by atoms with Gasteiger partial charge in [-0.1, -0.05) is 23.7 Å². The number of aryl methyl sites for hydroxylation is 1. The Bertz CT molecular complexity index is 532. The van der Waals surface area contributed by atoms with E-state index in [1.165, 1.54) is 0 Å². The number of halogens is 1. The molecule has 5 N–H and O–H groups in total. The summed E-state index contributed by atoms with van der Waals surface area (Å²) in [6, 6.07) is 11.2. The topological polar surface area (TPSA) is 64.1 Å². The van der Waals surface area contributed by atoms with E-state index in [1.54, 1.807) is 12.1 Å². The lowest BCUT2D eigenvalue weighted by atomic mass is 10.2. The molecule has 0 aromatic heterocycles. The summed E-state index contributed by atoms with van der Waals surface area (Å²) in [7, 11) is 0. The summed E-state index contributed by atoms with van der Waals surface area (Å²) in [5.74, 6) is 0. The Kier molecular flexibility index (Phi) is 3.11. The highest BCUT2D eigenvalue weighted by molar-refractivity contribution is 6.33. The van der Waals surface area contributed by atoms with Gasteiger partial charge in [0.1, 0.15) is 0 Å². The molecule has 0 radical (unpaired) electrons. The van der Waals surface area contributed by atoms with Gasteiger partial charge in [-0.25, -0.2) is 0 Å². The average Bonchev–Trinajstić information content (AvgIpc) is 2.28. The molecule has 88 valence electrons. The summed E-state index contributed by atoms with van der Waals surface area (Å²) >= 11 is 6.13. The summed E-state index contributed by atoms with van der Waals surface area (Å²) in [5, 5.41) is 3.92. The quantitative estimate of drug-likeness (QED) is 0.711. The summed E-state index contributed by atoms with van der Waals surface area (Å²) < 4.78 is 0. The summed E-state index contributed by atoms with van der Waals surface area (Å²) in [6.45, 7) is 1.99. The molecule has 4 heteroatoms. The normalized spacial score (nSPS) is 10.2. The molecule has 0 aliphatic heterocycles. The monoisotopic (exact) mass is 247 g/mol. The zero-order valence-corrected chi connectivity index (χ0v) is 10.3. The Balaban J connectivity index is 2.35. The van der Waals surface area contributed by atoms with Crippen LogP contribution in [0.3, 0.4) is 0 Å². The highest BCUT2D eigenvalue weighted by Gasteiger charge is 2.04. The minimum Gasteiger partial charge on any atom is -0.397 e. The van der Waals surface area contributed by atoms with Crippen LogP contribution in [0.15, 0.2) is 36.4 Å². The fraction of sp³-hybridized carbons (Fsp3) is 0.0769. The Hall–Kier alpha value is -1.87. The molecular formula is C13H14ClN3. The molecule has 0 spiro atoms. The molecule has 0 atom stereocenters. The first-order valence-electron chi connectivity index (χ1n) is 5.25. The smallest absolute Gasteiger partial charge is 0.0643 e. The van der Waals surface area contributed by atoms with Gasteiger partial charge in [0, 0.05) is 5.69 Å². The van der Waals surface area contributed by atoms with E-state index >= 15 is 0 Å². The Morgan fingerprint density at radius 1 is 1.06 bits per heavy atom. The number of para-hydroxylation sites is 1. The van der Waals surface area contributed by atoms with E-state index in [1.807, 2.05) is 31.2 Å². The lowest BCUT2D eigenvalue weighted by Gasteiger charge is -2.12. The van der Waals surface area contributed by atoms with Crippen molar-refractivity contribution >= 4 is 34.4 Å². The van der Waals surface area contributed by atoms with Crippen LogP contribution in [0, 0.1) is 6.92 Å². The molecule has 0 saturated heterocycles. The fourth-order valence-corrected chi connectivity index (χ4v) is 1.86. The van der Waals surface area contributed by atoms with Gasteiger partial charge >= 0.3 is 0 Å². The first-order valence-corrected chi connectivity index (χ1v) is 5.63. The van der Waals surface area contributed by atoms with Crippen LogP contribution in [0.25, 0.3) is 0 Å². The van der Waals surface area contributed by atoms with E-state index in [0.29, 0.717) is 16.4 Å². The average molecular weight is 248 g/mol. The first kappa shape index (κ1) is 11.6. The summed E-state index contributed by atoms with van der Waals surface area (Å²) in [5.41, 5.74) is 15.4. The van der Waals surface area contributed by atoms with Crippen molar-refractivity contribution in [2.75, 3.05) is 16.8 Å². The van der Waals surface area contributed by atoms with Crippen molar-refractivity contribution in [2.45, 2.75) is 6.92 Å². The van der Waals surface area contributed by atoms with Crippen molar-refractivity contribution in [3.63, 3.8) is 0 Å². The van der Waals surface area contributed by atoms with Crippen molar-refractivity contribution in [1.29, 1.82) is 0 Å². The van der Waals surface area contributed by atoms with Gasteiger partial charge in [-0.05, 0) is 36.8 Å². The van der Waals surface area contributed by atoms with Gasteiger partial charge in [-0.2, -0.15) is 0 Å². The maximum atomic E-state index is 6.13. The highest BCUT2D eigenvalue weighted by atomic mass is 35.5.